The Morgan fingerprint density at radius 3 is 1.86 bits per heavy atom. The Morgan fingerprint density at radius 2 is 1.36 bits per heavy atom. The van der Waals surface area contributed by atoms with E-state index in [4.69, 9.17) is 6.08 Å². The zero-order valence-corrected chi connectivity index (χ0v) is 20.1. The fourth-order valence-corrected chi connectivity index (χ4v) is 8.21. The molecule has 1 atom stereocenters. The van der Waals surface area contributed by atoms with E-state index in [9.17, 15) is 11.7 Å². The van der Waals surface area contributed by atoms with Gasteiger partial charge < -0.3 is 0 Å². The molecular formula is C21H37O5STi. The van der Waals surface area contributed by atoms with Crippen molar-refractivity contribution in [3.63, 3.8) is 0 Å². The Kier molecular flexibility index (Phi) is 12.6. The normalized spacial score (nSPS) is 14.3. The maximum atomic E-state index is 13.0. The van der Waals surface area contributed by atoms with Crippen LogP contribution in [0.25, 0.3) is 0 Å². The molecule has 0 bridgehead atoms. The van der Waals surface area contributed by atoms with Crippen LogP contribution in [0.1, 0.15) is 85.0 Å². The summed E-state index contributed by atoms with van der Waals surface area (Å²) in [6, 6.07) is 7.79. The Labute approximate surface area is 176 Å². The van der Waals surface area contributed by atoms with E-state index in [1.807, 2.05) is 0 Å². The molecule has 0 amide bonds. The van der Waals surface area contributed by atoms with Crippen molar-refractivity contribution in [2.24, 2.45) is 0 Å². The van der Waals surface area contributed by atoms with Crippen molar-refractivity contribution in [2.45, 2.75) is 94.1 Å². The zero-order chi connectivity index (χ0) is 20.9. The second-order valence-corrected chi connectivity index (χ2v) is 14.1. The zero-order valence-electron chi connectivity index (χ0n) is 17.7. The van der Waals surface area contributed by atoms with Crippen LogP contribution in [-0.4, -0.2) is 15.0 Å². The van der Waals surface area contributed by atoms with Crippen LogP contribution in [0.4, 0.5) is 0 Å². The van der Waals surface area contributed by atoms with E-state index in [0.717, 1.165) is 19.3 Å². The summed E-state index contributed by atoms with van der Waals surface area (Å²) in [5, 5.41) is 0. The van der Waals surface area contributed by atoms with Gasteiger partial charge in [-0.25, -0.2) is 0 Å². The molecule has 0 saturated carbocycles. The van der Waals surface area contributed by atoms with E-state index in [0.29, 0.717) is 0 Å². The van der Waals surface area contributed by atoms with Gasteiger partial charge >= 0.3 is 169 Å². The molecule has 0 aliphatic carbocycles. The van der Waals surface area contributed by atoms with Crippen LogP contribution in [0.3, 0.4) is 0 Å². The number of unbranched alkanes of at least 4 members (excludes halogenated alkanes) is 9. The fourth-order valence-electron chi connectivity index (χ4n) is 2.88. The fraction of sp³-hybridized carbons (Fsp3) is 0.714. The van der Waals surface area contributed by atoms with Gasteiger partial charge in [0.15, 0.2) is 0 Å². The first-order valence-corrected chi connectivity index (χ1v) is 14.9. The SMILES string of the molecule is CCCCCCCCCCCC[O][Ti](=[O])([O]S(=O)(=O)c1ccccc1)[CH](C)C. The molecule has 0 saturated heterocycles. The summed E-state index contributed by atoms with van der Waals surface area (Å²) in [5.74, 6) is 0. The summed E-state index contributed by atoms with van der Waals surface area (Å²) in [4.78, 5) is 0.00374. The van der Waals surface area contributed by atoms with E-state index in [1.165, 1.54) is 57.1 Å². The standard InChI is InChI=1S/C12H25O.C6H6O3S.C3H7.O.Ti/c1-2-3-4-5-6-7-8-9-10-11-12-13;7-10(8,9)6-4-2-1-3-5-6;1-3-2;;/h2-12H2,1H3;1-5H,(H,7,8,9);3H,1-2H3;;/q-1;;;;+2/p-1. The molecule has 1 rings (SSSR count). The van der Waals surface area contributed by atoms with Gasteiger partial charge in [-0.15, -0.1) is 0 Å². The van der Waals surface area contributed by atoms with Crippen molar-refractivity contribution < 1.29 is 35.2 Å². The van der Waals surface area contributed by atoms with Gasteiger partial charge in [-0.2, -0.15) is 0 Å². The van der Waals surface area contributed by atoms with Crippen molar-refractivity contribution in [1.82, 2.24) is 0 Å². The monoisotopic (exact) mass is 449 g/mol. The second kappa shape index (κ2) is 13.8. The molecule has 28 heavy (non-hydrogen) atoms. The summed E-state index contributed by atoms with van der Waals surface area (Å²) in [5.41, 5.74) is 0. The number of benzene rings is 1. The first-order valence-electron chi connectivity index (χ1n) is 10.7. The van der Waals surface area contributed by atoms with Crippen molar-refractivity contribution in [3.05, 3.63) is 30.3 Å². The number of hydrogen-bond donors (Lipinski definition) is 0. The van der Waals surface area contributed by atoms with Gasteiger partial charge in [0, 0.05) is 0 Å². The van der Waals surface area contributed by atoms with E-state index in [1.54, 1.807) is 32.0 Å². The molecular weight excluding hydrogens is 412 g/mol. The Morgan fingerprint density at radius 1 is 0.857 bits per heavy atom. The molecule has 0 fully saturated rings. The van der Waals surface area contributed by atoms with Gasteiger partial charge in [0.05, 0.1) is 0 Å². The van der Waals surface area contributed by atoms with Gasteiger partial charge in [-0.05, 0) is 0 Å². The predicted octanol–water partition coefficient (Wildman–Crippen LogP) is 6.49. The second-order valence-electron chi connectivity index (χ2n) is 7.64. The average molecular weight is 449 g/mol. The summed E-state index contributed by atoms with van der Waals surface area (Å²) in [7, 11) is -4.08. The van der Waals surface area contributed by atoms with E-state index < -0.39 is 31.7 Å². The molecule has 0 spiro atoms. The molecule has 1 aromatic rings. The third kappa shape index (κ3) is 9.88. The first-order chi connectivity index (χ1) is 13.3. The molecule has 0 aliphatic rings. The number of rotatable bonds is 16. The number of hydrogen-bond acceptors (Lipinski definition) is 5. The Bertz CT molecular complexity index is 673. The van der Waals surface area contributed by atoms with Crippen LogP contribution >= 0.6 is 0 Å². The van der Waals surface area contributed by atoms with E-state index in [2.05, 4.69) is 6.92 Å². The topological polar surface area (TPSA) is 69.7 Å². The predicted molar refractivity (Wildman–Crippen MR) is 108 cm³/mol. The molecule has 5 nitrogen and oxygen atoms in total. The minimum absolute atomic E-state index is 0.00374. The summed E-state index contributed by atoms with van der Waals surface area (Å²) in [6.45, 7) is 5.88. The average Bonchev–Trinajstić information content (AvgIpc) is 2.66. The molecule has 1 unspecified atom stereocenters. The molecule has 0 N–H and O–H groups in total. The first kappa shape index (κ1) is 25.6. The van der Waals surface area contributed by atoms with Crippen LogP contribution in [0.15, 0.2) is 35.2 Å². The van der Waals surface area contributed by atoms with Gasteiger partial charge in [-0.1, -0.05) is 6.92 Å². The van der Waals surface area contributed by atoms with Crippen LogP contribution in [0, 0.1) is 0 Å². The molecule has 1 aromatic carbocycles. The Balaban J connectivity index is 2.34. The van der Waals surface area contributed by atoms with Gasteiger partial charge in [0.1, 0.15) is 0 Å². The third-order valence-electron chi connectivity index (χ3n) is 4.77. The third-order valence-corrected chi connectivity index (χ3v) is 11.3. The minimum atomic E-state index is -4.66. The van der Waals surface area contributed by atoms with Crippen LogP contribution in [-0.2, 0) is 36.9 Å². The van der Waals surface area contributed by atoms with Gasteiger partial charge in [0.2, 0.25) is 0 Å². The van der Waals surface area contributed by atoms with E-state index >= 15 is 0 Å². The molecule has 0 aliphatic heterocycles. The molecule has 161 valence electrons. The summed E-state index contributed by atoms with van der Waals surface area (Å²) < 4.78 is 48.1. The summed E-state index contributed by atoms with van der Waals surface area (Å²) >= 11 is -4.66. The quantitative estimate of drug-likeness (QED) is 0.213. The molecule has 7 heteroatoms. The molecule has 0 radical (unpaired) electrons. The van der Waals surface area contributed by atoms with Gasteiger partial charge in [0.25, 0.3) is 0 Å². The van der Waals surface area contributed by atoms with Crippen LogP contribution < -0.4 is 0 Å². The maximum absolute atomic E-state index is 13.0. The summed E-state index contributed by atoms with van der Waals surface area (Å²) in [6.07, 6.45) is 11.9. The van der Waals surface area contributed by atoms with Crippen molar-refractivity contribution in [2.75, 3.05) is 6.61 Å². The van der Waals surface area contributed by atoms with Crippen LogP contribution in [0.2, 0.25) is 4.22 Å². The Hall–Kier alpha value is -0.396. The van der Waals surface area contributed by atoms with Crippen molar-refractivity contribution >= 4 is 10.1 Å². The molecule has 0 aromatic heterocycles. The van der Waals surface area contributed by atoms with Crippen LogP contribution in [0.5, 0.6) is 0 Å². The van der Waals surface area contributed by atoms with Crippen molar-refractivity contribution in [3.8, 4) is 0 Å². The van der Waals surface area contributed by atoms with Crippen molar-refractivity contribution in [1.29, 1.82) is 0 Å². The van der Waals surface area contributed by atoms with Gasteiger partial charge in [-0.3, -0.25) is 0 Å². The molecule has 0 heterocycles. The van der Waals surface area contributed by atoms with E-state index in [-0.39, 0.29) is 11.5 Å².